The molecule has 3 rings (SSSR count). The molecule has 1 aromatic carbocycles. The van der Waals surface area contributed by atoms with Crippen LogP contribution < -0.4 is 16.0 Å². The summed E-state index contributed by atoms with van der Waals surface area (Å²) < 4.78 is 38.8. The zero-order chi connectivity index (χ0) is 27.4. The van der Waals surface area contributed by atoms with Crippen LogP contribution in [0, 0.1) is 5.41 Å². The number of rotatable bonds is 8. The highest BCUT2D eigenvalue weighted by molar-refractivity contribution is 6.08. The fourth-order valence-corrected chi connectivity index (χ4v) is 3.57. The Morgan fingerprint density at radius 2 is 1.89 bits per heavy atom. The van der Waals surface area contributed by atoms with E-state index in [4.69, 9.17) is 5.41 Å². The molecule has 4 N–H and O–H groups in total. The lowest BCUT2D eigenvalue weighted by Crippen LogP contribution is -2.50. The molecule has 0 aliphatic carbocycles. The number of carbonyl (C=O) groups is 2. The fourth-order valence-electron chi connectivity index (χ4n) is 3.57. The number of pyridine rings is 1. The normalized spacial score (nSPS) is 12.2. The molecule has 3 aromatic rings. The molecule has 2 aromatic heterocycles. The van der Waals surface area contributed by atoms with Crippen molar-refractivity contribution in [3.8, 4) is 11.3 Å². The van der Waals surface area contributed by atoms with E-state index in [2.05, 4.69) is 15.6 Å². The number of imidazole rings is 1. The summed E-state index contributed by atoms with van der Waals surface area (Å²) >= 11 is 0. The van der Waals surface area contributed by atoms with Crippen molar-refractivity contribution in [3.63, 3.8) is 0 Å². The largest absolute Gasteiger partial charge is 0.405 e. The van der Waals surface area contributed by atoms with Crippen molar-refractivity contribution in [1.29, 1.82) is 5.41 Å². The number of carbonyl (C=O) groups excluding carboxylic acids is 2. The monoisotopic (exact) mass is 515 g/mol. The number of benzene rings is 1. The molecule has 0 spiro atoms. The minimum Gasteiger partial charge on any atom is -0.377 e. The van der Waals surface area contributed by atoms with Crippen LogP contribution in [0.2, 0.25) is 0 Å². The van der Waals surface area contributed by atoms with Gasteiger partial charge in [-0.2, -0.15) is 13.2 Å². The van der Waals surface area contributed by atoms with Gasteiger partial charge in [0.2, 0.25) is 5.91 Å². The number of alkyl halides is 3. The van der Waals surface area contributed by atoms with Gasteiger partial charge in [-0.15, -0.1) is 0 Å². The Morgan fingerprint density at radius 3 is 2.54 bits per heavy atom. The van der Waals surface area contributed by atoms with Gasteiger partial charge in [-0.1, -0.05) is 12.1 Å². The van der Waals surface area contributed by atoms with Crippen molar-refractivity contribution in [2.45, 2.75) is 25.6 Å². The van der Waals surface area contributed by atoms with Crippen molar-refractivity contribution in [3.05, 3.63) is 60.6 Å². The molecule has 0 radical (unpaired) electrons. The zero-order valence-electron chi connectivity index (χ0n) is 20.8. The van der Waals surface area contributed by atoms with Crippen LogP contribution in [0.25, 0.3) is 22.5 Å². The number of hydrogen-bond acceptors (Lipinski definition) is 5. The number of likely N-dealkylation sites (N-methyl/N-ethyl adjacent to an activating group) is 1. The Kier molecular flexibility index (Phi) is 7.90. The summed E-state index contributed by atoms with van der Waals surface area (Å²) in [6.45, 7) is 2.07. The average molecular weight is 516 g/mol. The van der Waals surface area contributed by atoms with Crippen molar-refractivity contribution in [2.24, 2.45) is 0 Å². The third kappa shape index (κ3) is 6.87. The molecule has 12 heteroatoms. The SMILES string of the molecule is CN(C)C(=O)C(C)(C)N/C=C(\C=N)c1ccn2c(-c3cccc(NC(=O)NCC(F)(F)F)c3)cnc2c1. The number of nitrogens with one attached hydrogen (secondary N) is 4. The molecule has 0 unspecified atom stereocenters. The minimum absolute atomic E-state index is 0.115. The molecule has 0 aliphatic rings. The van der Waals surface area contributed by atoms with Gasteiger partial charge in [0.1, 0.15) is 17.7 Å². The molecule has 2 heterocycles. The van der Waals surface area contributed by atoms with E-state index in [9.17, 15) is 22.8 Å². The van der Waals surface area contributed by atoms with Crippen molar-refractivity contribution < 1.29 is 22.8 Å². The van der Waals surface area contributed by atoms with Gasteiger partial charge in [-0.3, -0.25) is 9.20 Å². The Morgan fingerprint density at radius 1 is 1.16 bits per heavy atom. The summed E-state index contributed by atoms with van der Waals surface area (Å²) in [7, 11) is 3.34. The highest BCUT2D eigenvalue weighted by Crippen LogP contribution is 2.25. The first-order valence-corrected chi connectivity index (χ1v) is 11.2. The Bertz CT molecular complexity index is 1340. The molecule has 0 saturated carbocycles. The topological polar surface area (TPSA) is 115 Å². The van der Waals surface area contributed by atoms with Crippen LogP contribution in [0.15, 0.2) is 55.0 Å². The predicted octanol–water partition coefficient (Wildman–Crippen LogP) is 4.13. The van der Waals surface area contributed by atoms with Crippen LogP contribution in [-0.2, 0) is 4.79 Å². The number of allylic oxidation sites excluding steroid dienone is 1. The van der Waals surface area contributed by atoms with Gasteiger partial charge in [-0.25, -0.2) is 9.78 Å². The van der Waals surface area contributed by atoms with Crippen molar-refractivity contribution >= 4 is 35.1 Å². The van der Waals surface area contributed by atoms with Crippen LogP contribution in [0.4, 0.5) is 23.7 Å². The van der Waals surface area contributed by atoms with E-state index < -0.39 is 24.3 Å². The Balaban J connectivity index is 1.82. The molecular formula is C25H28F3N7O2. The van der Waals surface area contributed by atoms with Gasteiger partial charge in [-0.05, 0) is 43.7 Å². The highest BCUT2D eigenvalue weighted by atomic mass is 19.4. The lowest BCUT2D eigenvalue weighted by Gasteiger charge is -2.27. The Hall–Kier alpha value is -4.35. The number of fused-ring (bicyclic) bond motifs is 1. The summed E-state index contributed by atoms with van der Waals surface area (Å²) in [6.07, 6.45) is 1.70. The molecule has 0 saturated heterocycles. The second-order valence-electron chi connectivity index (χ2n) is 9.00. The van der Waals surface area contributed by atoms with Gasteiger partial charge in [0, 0.05) is 49.5 Å². The first kappa shape index (κ1) is 27.2. The van der Waals surface area contributed by atoms with E-state index in [0.29, 0.717) is 33.7 Å². The zero-order valence-corrected chi connectivity index (χ0v) is 20.8. The van der Waals surface area contributed by atoms with Gasteiger partial charge in [0.15, 0.2) is 0 Å². The van der Waals surface area contributed by atoms with Crippen molar-refractivity contribution in [1.82, 2.24) is 24.9 Å². The first-order valence-electron chi connectivity index (χ1n) is 11.2. The lowest BCUT2D eigenvalue weighted by molar-refractivity contribution is -0.134. The summed E-state index contributed by atoms with van der Waals surface area (Å²) in [5, 5.41) is 15.1. The van der Waals surface area contributed by atoms with Crippen LogP contribution in [0.5, 0.6) is 0 Å². The average Bonchev–Trinajstić information content (AvgIpc) is 3.26. The second-order valence-corrected chi connectivity index (χ2v) is 9.00. The number of amides is 3. The van der Waals surface area contributed by atoms with Gasteiger partial charge >= 0.3 is 12.2 Å². The standard InChI is InChI=1S/C25H28F3N7O2/c1-24(2,22(36)34(3)4)32-13-18(12-29)16-8-9-35-20(14-30-21(35)11-16)17-6-5-7-19(10-17)33-23(37)31-15-25(26,27)28/h5-14,29,32H,15H2,1-4H3,(H2,31,33,37)/b18-13+,29-12?. The summed E-state index contributed by atoms with van der Waals surface area (Å²) in [6, 6.07) is 9.26. The fraction of sp³-hybridized carbons (Fsp3) is 0.280. The third-order valence-corrected chi connectivity index (χ3v) is 5.40. The van der Waals surface area contributed by atoms with Gasteiger partial charge in [0.05, 0.1) is 11.9 Å². The molecule has 0 bridgehead atoms. The lowest BCUT2D eigenvalue weighted by atomic mass is 10.0. The third-order valence-electron chi connectivity index (χ3n) is 5.40. The van der Waals surface area contributed by atoms with Gasteiger partial charge in [0.25, 0.3) is 0 Å². The van der Waals surface area contributed by atoms with Crippen LogP contribution in [0.1, 0.15) is 19.4 Å². The highest BCUT2D eigenvalue weighted by Gasteiger charge is 2.28. The molecule has 0 atom stereocenters. The number of halogens is 3. The van der Waals surface area contributed by atoms with E-state index in [1.165, 1.54) is 11.1 Å². The number of nitrogens with zero attached hydrogens (tertiary/aromatic N) is 3. The molecule has 0 aliphatic heterocycles. The van der Waals surface area contributed by atoms with E-state index >= 15 is 0 Å². The first-order chi connectivity index (χ1) is 17.3. The van der Waals surface area contributed by atoms with E-state index in [1.54, 1.807) is 92.7 Å². The van der Waals surface area contributed by atoms with Crippen LogP contribution in [-0.4, -0.2) is 64.8 Å². The quantitative estimate of drug-likeness (QED) is 0.338. The maximum Gasteiger partial charge on any atom is 0.405 e. The number of hydrogen-bond donors (Lipinski definition) is 4. The molecular weight excluding hydrogens is 487 g/mol. The van der Waals surface area contributed by atoms with Gasteiger partial charge < -0.3 is 26.3 Å². The number of aromatic nitrogens is 2. The predicted molar refractivity (Wildman–Crippen MR) is 136 cm³/mol. The maximum atomic E-state index is 12.4. The second kappa shape index (κ2) is 10.7. The van der Waals surface area contributed by atoms with E-state index in [1.807, 2.05) is 0 Å². The van der Waals surface area contributed by atoms with Crippen molar-refractivity contribution in [2.75, 3.05) is 26.0 Å². The number of anilines is 1. The van der Waals surface area contributed by atoms with E-state index in [0.717, 1.165) is 0 Å². The molecule has 37 heavy (non-hydrogen) atoms. The Labute approximate surface area is 211 Å². The molecule has 0 fully saturated rings. The molecule has 196 valence electrons. The van der Waals surface area contributed by atoms with E-state index in [-0.39, 0.29) is 5.91 Å². The van der Waals surface area contributed by atoms with Crippen LogP contribution in [0.3, 0.4) is 0 Å². The molecule has 3 amide bonds. The van der Waals surface area contributed by atoms with Crippen LogP contribution >= 0.6 is 0 Å². The number of urea groups is 1. The maximum absolute atomic E-state index is 12.4. The molecule has 9 nitrogen and oxygen atoms in total. The summed E-state index contributed by atoms with van der Waals surface area (Å²) in [5.41, 5.74) is 2.66. The minimum atomic E-state index is -4.50. The smallest absolute Gasteiger partial charge is 0.377 e. The summed E-state index contributed by atoms with van der Waals surface area (Å²) in [4.78, 5) is 30.1. The summed E-state index contributed by atoms with van der Waals surface area (Å²) in [5.74, 6) is -0.115.